The van der Waals surface area contributed by atoms with Crippen LogP contribution in [0.5, 0.6) is 5.75 Å². The molecule has 0 atom stereocenters. The highest BCUT2D eigenvalue weighted by Gasteiger charge is 2.12. The van der Waals surface area contributed by atoms with E-state index >= 15 is 0 Å². The SMILES string of the molecule is C=CCNS(=O)(=O)c1cccc(OC)c1. The van der Waals surface area contributed by atoms with Gasteiger partial charge in [0.05, 0.1) is 12.0 Å². The van der Waals surface area contributed by atoms with Gasteiger partial charge in [-0.15, -0.1) is 6.58 Å². The highest BCUT2D eigenvalue weighted by atomic mass is 32.2. The van der Waals surface area contributed by atoms with Crippen molar-refractivity contribution in [2.75, 3.05) is 13.7 Å². The van der Waals surface area contributed by atoms with Gasteiger partial charge >= 0.3 is 0 Å². The largest absolute Gasteiger partial charge is 0.497 e. The first kappa shape index (κ1) is 11.7. The van der Waals surface area contributed by atoms with E-state index < -0.39 is 10.0 Å². The van der Waals surface area contributed by atoms with E-state index in [-0.39, 0.29) is 11.4 Å². The van der Waals surface area contributed by atoms with Crippen LogP contribution in [0.4, 0.5) is 0 Å². The first-order valence-electron chi connectivity index (χ1n) is 4.35. The van der Waals surface area contributed by atoms with Crippen molar-refractivity contribution >= 4 is 10.0 Å². The van der Waals surface area contributed by atoms with E-state index in [0.29, 0.717) is 5.75 Å². The molecule has 0 aliphatic heterocycles. The standard InChI is InChI=1S/C10H13NO3S/c1-3-7-11-15(12,13)10-6-4-5-9(8-10)14-2/h3-6,8,11H,1,7H2,2H3. The summed E-state index contributed by atoms with van der Waals surface area (Å²) in [6, 6.07) is 6.28. The second-order valence-electron chi connectivity index (χ2n) is 2.82. The molecule has 1 rings (SSSR count). The zero-order valence-electron chi connectivity index (χ0n) is 8.43. The molecule has 0 fully saturated rings. The molecule has 0 aliphatic carbocycles. The highest BCUT2D eigenvalue weighted by Crippen LogP contribution is 2.16. The molecule has 0 bridgehead atoms. The molecular formula is C10H13NO3S. The summed E-state index contributed by atoms with van der Waals surface area (Å²) in [6.45, 7) is 3.65. The van der Waals surface area contributed by atoms with Crippen molar-refractivity contribution < 1.29 is 13.2 Å². The topological polar surface area (TPSA) is 55.4 Å². The van der Waals surface area contributed by atoms with Crippen LogP contribution in [0, 0.1) is 0 Å². The summed E-state index contributed by atoms with van der Waals surface area (Å²) in [7, 11) is -1.97. The quantitative estimate of drug-likeness (QED) is 0.768. The average Bonchev–Trinajstić information content (AvgIpc) is 2.26. The molecule has 5 heteroatoms. The van der Waals surface area contributed by atoms with Crippen LogP contribution in [-0.2, 0) is 10.0 Å². The predicted octanol–water partition coefficient (Wildman–Crippen LogP) is 1.16. The molecular weight excluding hydrogens is 214 g/mol. The van der Waals surface area contributed by atoms with Gasteiger partial charge in [0.25, 0.3) is 0 Å². The predicted molar refractivity (Wildman–Crippen MR) is 58.4 cm³/mol. The van der Waals surface area contributed by atoms with Gasteiger partial charge in [-0.05, 0) is 12.1 Å². The Morgan fingerprint density at radius 2 is 2.27 bits per heavy atom. The molecule has 0 amide bonds. The lowest BCUT2D eigenvalue weighted by Crippen LogP contribution is -2.23. The van der Waals surface area contributed by atoms with E-state index in [1.54, 1.807) is 12.1 Å². The Balaban J connectivity index is 2.99. The molecule has 0 unspecified atom stereocenters. The molecule has 4 nitrogen and oxygen atoms in total. The van der Waals surface area contributed by atoms with Crippen LogP contribution in [0.25, 0.3) is 0 Å². The highest BCUT2D eigenvalue weighted by molar-refractivity contribution is 7.89. The lowest BCUT2D eigenvalue weighted by Gasteiger charge is -2.06. The van der Waals surface area contributed by atoms with Crippen molar-refractivity contribution in [1.29, 1.82) is 0 Å². The molecule has 1 aromatic rings. The van der Waals surface area contributed by atoms with Crippen molar-refractivity contribution in [2.24, 2.45) is 0 Å². The number of methoxy groups -OCH3 is 1. The normalized spacial score (nSPS) is 11.0. The number of sulfonamides is 1. The van der Waals surface area contributed by atoms with Crippen molar-refractivity contribution in [1.82, 2.24) is 4.72 Å². The molecule has 15 heavy (non-hydrogen) atoms. The maximum atomic E-state index is 11.6. The van der Waals surface area contributed by atoms with Gasteiger partial charge in [0.15, 0.2) is 0 Å². The monoisotopic (exact) mass is 227 g/mol. The molecule has 0 spiro atoms. The van der Waals surface area contributed by atoms with Crippen molar-refractivity contribution in [3.8, 4) is 5.75 Å². The van der Waals surface area contributed by atoms with Gasteiger partial charge in [-0.3, -0.25) is 0 Å². The van der Waals surface area contributed by atoms with Gasteiger partial charge in [0.2, 0.25) is 10.0 Å². The summed E-state index contributed by atoms with van der Waals surface area (Å²) < 4.78 is 30.6. The summed E-state index contributed by atoms with van der Waals surface area (Å²) in [4.78, 5) is 0.184. The van der Waals surface area contributed by atoms with Gasteiger partial charge in [0.1, 0.15) is 5.75 Å². The third-order valence-electron chi connectivity index (χ3n) is 1.77. The van der Waals surface area contributed by atoms with Crippen LogP contribution in [0.1, 0.15) is 0 Å². The zero-order valence-corrected chi connectivity index (χ0v) is 9.25. The van der Waals surface area contributed by atoms with Crippen LogP contribution >= 0.6 is 0 Å². The second-order valence-corrected chi connectivity index (χ2v) is 4.59. The Bertz CT molecular complexity index is 440. The Labute approximate surface area is 89.6 Å². The summed E-state index contributed by atoms with van der Waals surface area (Å²) in [6.07, 6.45) is 1.48. The fraction of sp³-hybridized carbons (Fsp3) is 0.200. The van der Waals surface area contributed by atoms with Crippen LogP contribution in [0.2, 0.25) is 0 Å². The van der Waals surface area contributed by atoms with Crippen LogP contribution in [-0.4, -0.2) is 22.1 Å². The van der Waals surface area contributed by atoms with E-state index in [0.717, 1.165) is 0 Å². The fourth-order valence-electron chi connectivity index (χ4n) is 1.02. The summed E-state index contributed by atoms with van der Waals surface area (Å²) in [5.74, 6) is 0.511. The number of ether oxygens (including phenoxy) is 1. The number of hydrogen-bond acceptors (Lipinski definition) is 3. The molecule has 0 radical (unpaired) electrons. The minimum absolute atomic E-state index is 0.184. The molecule has 0 aliphatic rings. The second kappa shape index (κ2) is 4.95. The zero-order chi connectivity index (χ0) is 11.3. The first-order chi connectivity index (χ1) is 7.10. The van der Waals surface area contributed by atoms with Gasteiger partial charge in [-0.1, -0.05) is 12.1 Å². The van der Waals surface area contributed by atoms with E-state index in [4.69, 9.17) is 4.74 Å². The van der Waals surface area contributed by atoms with Gasteiger partial charge in [-0.25, -0.2) is 13.1 Å². The number of rotatable bonds is 5. The number of nitrogens with one attached hydrogen (secondary N) is 1. The maximum Gasteiger partial charge on any atom is 0.240 e. The van der Waals surface area contributed by atoms with E-state index in [9.17, 15) is 8.42 Å². The summed E-state index contributed by atoms with van der Waals surface area (Å²) in [5, 5.41) is 0. The summed E-state index contributed by atoms with van der Waals surface area (Å²) in [5.41, 5.74) is 0. The Kier molecular flexibility index (Phi) is 3.88. The number of benzene rings is 1. The first-order valence-corrected chi connectivity index (χ1v) is 5.83. The van der Waals surface area contributed by atoms with Crippen LogP contribution < -0.4 is 9.46 Å². The fourth-order valence-corrected chi connectivity index (χ4v) is 2.05. The van der Waals surface area contributed by atoms with E-state index in [2.05, 4.69) is 11.3 Å². The van der Waals surface area contributed by atoms with Crippen LogP contribution in [0.3, 0.4) is 0 Å². The Morgan fingerprint density at radius 1 is 1.53 bits per heavy atom. The van der Waals surface area contributed by atoms with E-state index in [1.807, 2.05) is 0 Å². The lowest BCUT2D eigenvalue weighted by atomic mass is 10.3. The van der Waals surface area contributed by atoms with Gasteiger partial charge in [0, 0.05) is 12.6 Å². The Hall–Kier alpha value is -1.33. The van der Waals surface area contributed by atoms with Gasteiger partial charge < -0.3 is 4.74 Å². The summed E-state index contributed by atoms with van der Waals surface area (Å²) >= 11 is 0. The molecule has 82 valence electrons. The lowest BCUT2D eigenvalue weighted by molar-refractivity contribution is 0.413. The van der Waals surface area contributed by atoms with Crippen molar-refractivity contribution in [3.05, 3.63) is 36.9 Å². The molecule has 0 saturated heterocycles. The minimum atomic E-state index is -3.46. The van der Waals surface area contributed by atoms with Crippen molar-refractivity contribution in [2.45, 2.75) is 4.90 Å². The third-order valence-corrected chi connectivity index (χ3v) is 3.19. The molecule has 1 aromatic carbocycles. The molecule has 0 heterocycles. The van der Waals surface area contributed by atoms with Gasteiger partial charge in [-0.2, -0.15) is 0 Å². The number of hydrogen-bond donors (Lipinski definition) is 1. The van der Waals surface area contributed by atoms with E-state index in [1.165, 1.54) is 25.3 Å². The molecule has 0 saturated carbocycles. The van der Waals surface area contributed by atoms with Crippen molar-refractivity contribution in [3.63, 3.8) is 0 Å². The molecule has 0 aromatic heterocycles. The Morgan fingerprint density at radius 3 is 2.87 bits per heavy atom. The van der Waals surface area contributed by atoms with Crippen LogP contribution in [0.15, 0.2) is 41.8 Å². The molecule has 1 N–H and O–H groups in total. The average molecular weight is 227 g/mol. The smallest absolute Gasteiger partial charge is 0.240 e. The maximum absolute atomic E-state index is 11.6. The minimum Gasteiger partial charge on any atom is -0.497 e. The third kappa shape index (κ3) is 3.07.